The Labute approximate surface area is 200 Å². The molecule has 3 atom stereocenters. The molecule has 1 aromatic carbocycles. The minimum absolute atomic E-state index is 0.0555. The second kappa shape index (κ2) is 12.5. The molecular formula is C24H34N2O8. The lowest BCUT2D eigenvalue weighted by atomic mass is 9.97. The molecule has 10 heteroatoms. The number of nitrogens with one attached hydrogen (secondary N) is 1. The molecule has 1 N–H and O–H groups in total. The zero-order valence-corrected chi connectivity index (χ0v) is 20.4. The highest BCUT2D eigenvalue weighted by Crippen LogP contribution is 2.29. The van der Waals surface area contributed by atoms with E-state index in [-0.39, 0.29) is 13.2 Å². The van der Waals surface area contributed by atoms with Crippen molar-refractivity contribution in [1.82, 2.24) is 10.2 Å². The number of benzene rings is 1. The summed E-state index contributed by atoms with van der Waals surface area (Å²) in [5.41, 5.74) is 0.392. The highest BCUT2D eigenvalue weighted by molar-refractivity contribution is 5.97. The zero-order valence-electron chi connectivity index (χ0n) is 20.4. The average molecular weight is 479 g/mol. The molecule has 10 nitrogen and oxygen atoms in total. The molecule has 0 radical (unpaired) electrons. The van der Waals surface area contributed by atoms with E-state index in [4.69, 9.17) is 23.7 Å². The van der Waals surface area contributed by atoms with E-state index in [9.17, 15) is 14.4 Å². The van der Waals surface area contributed by atoms with Crippen LogP contribution in [0.1, 0.15) is 27.7 Å². The summed E-state index contributed by atoms with van der Waals surface area (Å²) in [4.78, 5) is 39.1. The summed E-state index contributed by atoms with van der Waals surface area (Å²) in [6.07, 6.45) is -0.978. The molecule has 1 aliphatic rings. The Morgan fingerprint density at radius 1 is 1.18 bits per heavy atom. The van der Waals surface area contributed by atoms with Crippen molar-refractivity contribution in [3.05, 3.63) is 42.5 Å². The van der Waals surface area contributed by atoms with E-state index in [2.05, 4.69) is 11.9 Å². The molecule has 1 saturated heterocycles. The lowest BCUT2D eigenvalue weighted by molar-refractivity contribution is -0.270. The first-order chi connectivity index (χ1) is 16.2. The van der Waals surface area contributed by atoms with Crippen molar-refractivity contribution in [2.75, 3.05) is 33.5 Å². The maximum atomic E-state index is 13.0. The minimum atomic E-state index is -1.08. The molecule has 1 heterocycles. The third-order valence-corrected chi connectivity index (χ3v) is 5.09. The molecule has 2 amide bonds. The Bertz CT molecular complexity index is 854. The Kier molecular flexibility index (Phi) is 10.0. The summed E-state index contributed by atoms with van der Waals surface area (Å²) in [5, 5.41) is 2.62. The van der Waals surface area contributed by atoms with Crippen molar-refractivity contribution in [3.63, 3.8) is 0 Å². The van der Waals surface area contributed by atoms with Crippen LogP contribution in [0, 0.1) is 0 Å². The molecule has 1 fully saturated rings. The quantitative estimate of drug-likeness (QED) is 0.186. The minimum Gasteiger partial charge on any atom is -0.484 e. The number of esters is 1. The second-order valence-corrected chi connectivity index (χ2v) is 7.87. The van der Waals surface area contributed by atoms with Crippen LogP contribution in [0.4, 0.5) is 0 Å². The predicted molar refractivity (Wildman–Crippen MR) is 123 cm³/mol. The van der Waals surface area contributed by atoms with Crippen LogP contribution in [0.5, 0.6) is 5.75 Å². The van der Waals surface area contributed by atoms with E-state index in [0.717, 1.165) is 0 Å². The smallest absolute Gasteiger partial charge is 0.333 e. The van der Waals surface area contributed by atoms with Gasteiger partial charge in [-0.05, 0) is 45.4 Å². The molecule has 2 rings (SSSR count). The van der Waals surface area contributed by atoms with Gasteiger partial charge in [0.25, 0.3) is 11.8 Å². The number of ether oxygens (including phenoxy) is 5. The SMILES string of the molecule is C=C(C)C(C(=O)OC)N1C(=O)[C@H](NC(=O)COc2ccccc2)[C@@H]1OCC(C)(OCC)OCC. The van der Waals surface area contributed by atoms with Gasteiger partial charge in [0, 0.05) is 13.2 Å². The average Bonchev–Trinajstić information content (AvgIpc) is 2.81. The van der Waals surface area contributed by atoms with E-state index in [0.29, 0.717) is 24.5 Å². The van der Waals surface area contributed by atoms with Crippen LogP contribution in [0.2, 0.25) is 0 Å². The van der Waals surface area contributed by atoms with Crippen LogP contribution in [-0.4, -0.2) is 80.3 Å². The lowest BCUT2D eigenvalue weighted by Crippen LogP contribution is -2.75. The Balaban J connectivity index is 2.16. The molecule has 188 valence electrons. The fourth-order valence-corrected chi connectivity index (χ4v) is 3.59. The fourth-order valence-electron chi connectivity index (χ4n) is 3.59. The van der Waals surface area contributed by atoms with Crippen molar-refractivity contribution >= 4 is 17.8 Å². The fraction of sp³-hybridized carbons (Fsp3) is 0.542. The zero-order chi connectivity index (χ0) is 25.3. The van der Waals surface area contributed by atoms with Crippen molar-refractivity contribution < 1.29 is 38.1 Å². The molecule has 0 aromatic heterocycles. The summed E-state index contributed by atoms with van der Waals surface area (Å²) in [6, 6.07) is 6.71. The predicted octanol–water partition coefficient (Wildman–Crippen LogP) is 1.64. The van der Waals surface area contributed by atoms with Gasteiger partial charge in [0.15, 0.2) is 30.7 Å². The summed E-state index contributed by atoms with van der Waals surface area (Å²) < 4.78 is 27.6. The first-order valence-corrected chi connectivity index (χ1v) is 11.1. The second-order valence-electron chi connectivity index (χ2n) is 7.87. The molecule has 34 heavy (non-hydrogen) atoms. The van der Waals surface area contributed by atoms with E-state index in [1.54, 1.807) is 38.1 Å². The summed E-state index contributed by atoms with van der Waals surface area (Å²) in [7, 11) is 1.22. The maximum absolute atomic E-state index is 13.0. The van der Waals surface area contributed by atoms with Gasteiger partial charge in [0.2, 0.25) is 0 Å². The summed E-state index contributed by atoms with van der Waals surface area (Å²) in [5.74, 6) is -2.25. The number of carbonyl (C=O) groups is 3. The van der Waals surface area contributed by atoms with Crippen molar-refractivity contribution in [2.24, 2.45) is 0 Å². The van der Waals surface area contributed by atoms with Gasteiger partial charge in [-0.15, -0.1) is 0 Å². The number of β-lactam (4-membered cyclic amide) rings is 1. The first-order valence-electron chi connectivity index (χ1n) is 11.1. The normalized spacial score (nSPS) is 18.6. The van der Waals surface area contributed by atoms with Crippen LogP contribution in [0.15, 0.2) is 42.5 Å². The number of hydrogen-bond acceptors (Lipinski definition) is 8. The van der Waals surface area contributed by atoms with Crippen LogP contribution < -0.4 is 10.1 Å². The number of likely N-dealkylation sites (tertiary alicyclic amines) is 1. The lowest BCUT2D eigenvalue weighted by Gasteiger charge is -2.50. The van der Waals surface area contributed by atoms with E-state index in [1.807, 2.05) is 19.9 Å². The van der Waals surface area contributed by atoms with E-state index in [1.165, 1.54) is 12.0 Å². The van der Waals surface area contributed by atoms with Gasteiger partial charge < -0.3 is 29.0 Å². The molecule has 0 bridgehead atoms. The maximum Gasteiger partial charge on any atom is 0.333 e. The molecule has 0 spiro atoms. The van der Waals surface area contributed by atoms with Crippen molar-refractivity contribution in [2.45, 2.75) is 51.8 Å². The monoisotopic (exact) mass is 478 g/mol. The molecule has 1 aliphatic heterocycles. The van der Waals surface area contributed by atoms with Crippen LogP contribution in [-0.2, 0) is 33.3 Å². The van der Waals surface area contributed by atoms with Crippen LogP contribution in [0.25, 0.3) is 0 Å². The summed E-state index contributed by atoms with van der Waals surface area (Å²) in [6.45, 7) is 11.2. The van der Waals surface area contributed by atoms with Gasteiger partial charge in [-0.25, -0.2) is 4.79 Å². The molecular weight excluding hydrogens is 444 g/mol. The van der Waals surface area contributed by atoms with E-state index < -0.39 is 41.9 Å². The van der Waals surface area contributed by atoms with E-state index >= 15 is 0 Å². The number of methoxy groups -OCH3 is 1. The number of rotatable bonds is 14. The number of amides is 2. The standard InChI is InChI=1S/C24H34N2O8/c1-7-33-24(5,34-8-2)15-32-22-19(21(28)26(22)20(16(3)4)23(29)30-6)25-18(27)14-31-17-12-10-9-11-13-17/h9-13,19-20,22H,3,7-8,14-15H2,1-2,4-6H3,(H,25,27)/t19-,20?,22-/m0/s1. The molecule has 0 aliphatic carbocycles. The highest BCUT2D eigenvalue weighted by Gasteiger charge is 2.55. The number of hydrogen-bond donors (Lipinski definition) is 1. The van der Waals surface area contributed by atoms with Gasteiger partial charge in [0.1, 0.15) is 12.4 Å². The summed E-state index contributed by atoms with van der Waals surface area (Å²) >= 11 is 0. The third-order valence-electron chi connectivity index (χ3n) is 5.09. The largest absolute Gasteiger partial charge is 0.484 e. The Morgan fingerprint density at radius 2 is 1.79 bits per heavy atom. The van der Waals surface area contributed by atoms with Gasteiger partial charge >= 0.3 is 5.97 Å². The van der Waals surface area contributed by atoms with Crippen LogP contribution >= 0.6 is 0 Å². The third kappa shape index (κ3) is 6.78. The van der Waals surface area contributed by atoms with Gasteiger partial charge in [-0.3, -0.25) is 14.5 Å². The number of para-hydroxylation sites is 1. The molecule has 0 saturated carbocycles. The first kappa shape index (κ1) is 27.3. The van der Waals surface area contributed by atoms with Crippen molar-refractivity contribution in [1.29, 1.82) is 0 Å². The van der Waals surface area contributed by atoms with Crippen LogP contribution in [0.3, 0.4) is 0 Å². The number of carbonyl (C=O) groups excluding carboxylic acids is 3. The Hall–Kier alpha value is -2.95. The number of nitrogens with zero attached hydrogens (tertiary/aromatic N) is 1. The highest BCUT2D eigenvalue weighted by atomic mass is 16.7. The van der Waals surface area contributed by atoms with Crippen molar-refractivity contribution in [3.8, 4) is 5.75 Å². The molecule has 1 unspecified atom stereocenters. The Morgan fingerprint density at radius 3 is 2.32 bits per heavy atom. The molecule has 1 aromatic rings. The topological polar surface area (TPSA) is 113 Å². The van der Waals surface area contributed by atoms with Gasteiger partial charge in [-0.2, -0.15) is 0 Å². The van der Waals surface area contributed by atoms with Gasteiger partial charge in [0.05, 0.1) is 7.11 Å². The van der Waals surface area contributed by atoms with Gasteiger partial charge in [-0.1, -0.05) is 24.8 Å².